The Morgan fingerprint density at radius 3 is 2.04 bits per heavy atom. The topological polar surface area (TPSA) is 104 Å². The highest BCUT2D eigenvalue weighted by molar-refractivity contribution is 14.1. The van der Waals surface area contributed by atoms with Gasteiger partial charge in [0.05, 0.1) is 29.5 Å². The van der Waals surface area contributed by atoms with Crippen LogP contribution in [0.25, 0.3) is 0 Å². The minimum absolute atomic E-state index is 0.165. The number of methoxy groups -OCH3 is 4. The molecule has 1 aromatic rings. The van der Waals surface area contributed by atoms with E-state index in [4.69, 9.17) is 23.7 Å². The summed E-state index contributed by atoms with van der Waals surface area (Å²) in [6.07, 6.45) is -2.69. The van der Waals surface area contributed by atoms with Crippen LogP contribution >= 0.6 is 34.4 Å². The fourth-order valence-electron chi connectivity index (χ4n) is 2.62. The number of thioether (sulfide) groups is 1. The third kappa shape index (κ3) is 5.22. The van der Waals surface area contributed by atoms with E-state index in [0.29, 0.717) is 14.7 Å². The van der Waals surface area contributed by atoms with Crippen molar-refractivity contribution < 1.29 is 38.7 Å². The van der Waals surface area contributed by atoms with Gasteiger partial charge in [-0.2, -0.15) is 0 Å². The Kier molecular flexibility index (Phi) is 10.3. The first kappa shape index (κ1) is 25.2. The second-order valence-electron chi connectivity index (χ2n) is 5.84. The molecule has 0 saturated carbocycles. The summed E-state index contributed by atoms with van der Waals surface area (Å²) in [6, 6.07) is 0. The number of aliphatic hydroxyl groups excluding tert-OH is 2. The van der Waals surface area contributed by atoms with Crippen LogP contribution in [0.2, 0.25) is 0 Å². The molecular formula is C18H27IO8S. The molecule has 0 aliphatic heterocycles. The quantitative estimate of drug-likeness (QED) is 0.348. The lowest BCUT2D eigenvalue weighted by molar-refractivity contribution is -0.178. The van der Waals surface area contributed by atoms with Gasteiger partial charge in [0.15, 0.2) is 11.5 Å². The Morgan fingerprint density at radius 1 is 1.04 bits per heavy atom. The molecule has 0 aliphatic rings. The highest BCUT2D eigenvalue weighted by atomic mass is 127. The maximum Gasteiger partial charge on any atom is 0.226 e. The first-order valence-corrected chi connectivity index (χ1v) is 10.6. The lowest BCUT2D eigenvalue weighted by atomic mass is 10.1. The maximum absolute atomic E-state index is 12.4. The zero-order valence-corrected chi connectivity index (χ0v) is 19.9. The Morgan fingerprint density at radius 2 is 1.61 bits per heavy atom. The fraction of sp³-hybridized carbons (Fsp3) is 0.611. The number of hydrogen-bond donors (Lipinski definition) is 2. The van der Waals surface area contributed by atoms with Crippen molar-refractivity contribution in [1.82, 2.24) is 0 Å². The van der Waals surface area contributed by atoms with Crippen molar-refractivity contribution in [3.05, 3.63) is 14.7 Å². The van der Waals surface area contributed by atoms with Crippen molar-refractivity contribution in [2.45, 2.75) is 38.4 Å². The molecule has 0 heterocycles. The number of hydrogen-bond acceptors (Lipinski definition) is 9. The Bertz CT molecular complexity index is 684. The standard InChI is InChI=1S/C18H27IO8S/c1-8-10(18(22)28-7)13(24-4)16(26-6)14(11(8)19)27-17(21)15(25-5)12(20)9(2)23-3/h9,12,15,17,20-21H,1-7H3. The first-order chi connectivity index (χ1) is 13.2. The number of carbonyl (C=O) groups excluding carboxylic acids is 1. The largest absolute Gasteiger partial charge is 0.492 e. The molecule has 8 nitrogen and oxygen atoms in total. The summed E-state index contributed by atoms with van der Waals surface area (Å²) in [5.41, 5.74) is 0.994. The van der Waals surface area contributed by atoms with Crippen LogP contribution in [0.15, 0.2) is 0 Å². The van der Waals surface area contributed by atoms with Gasteiger partial charge in [0.2, 0.25) is 17.2 Å². The Hall–Kier alpha value is -0.790. The van der Waals surface area contributed by atoms with E-state index >= 15 is 0 Å². The minimum atomic E-state index is -1.54. The second kappa shape index (κ2) is 11.4. The number of carbonyl (C=O) groups is 1. The molecule has 0 spiro atoms. The smallest absolute Gasteiger partial charge is 0.226 e. The SMILES string of the molecule is COc1c(OC(O)C(OC)C(O)C(C)OC)c(I)c(C)c(C(=O)SC)c1OC. The van der Waals surface area contributed by atoms with Gasteiger partial charge in [-0.15, -0.1) is 0 Å². The molecule has 0 fully saturated rings. The zero-order chi connectivity index (χ0) is 21.6. The van der Waals surface area contributed by atoms with Crippen molar-refractivity contribution in [2.75, 3.05) is 34.7 Å². The zero-order valence-electron chi connectivity index (χ0n) is 16.9. The summed E-state index contributed by atoms with van der Waals surface area (Å²) >= 11 is 3.06. The second-order valence-corrected chi connectivity index (χ2v) is 7.70. The highest BCUT2D eigenvalue weighted by Gasteiger charge is 2.35. The van der Waals surface area contributed by atoms with Crippen LogP contribution in [0, 0.1) is 10.5 Å². The average Bonchev–Trinajstić information content (AvgIpc) is 2.70. The van der Waals surface area contributed by atoms with Gasteiger partial charge in [-0.1, -0.05) is 11.8 Å². The van der Waals surface area contributed by atoms with E-state index in [2.05, 4.69) is 0 Å². The van der Waals surface area contributed by atoms with Gasteiger partial charge in [0, 0.05) is 14.2 Å². The van der Waals surface area contributed by atoms with Crippen LogP contribution in [0.3, 0.4) is 0 Å². The molecule has 1 rings (SSSR count). The molecule has 0 aliphatic carbocycles. The molecule has 4 unspecified atom stereocenters. The summed E-state index contributed by atoms with van der Waals surface area (Å²) in [7, 11) is 5.61. The van der Waals surface area contributed by atoms with Crippen LogP contribution in [-0.2, 0) is 9.47 Å². The van der Waals surface area contributed by atoms with Gasteiger partial charge >= 0.3 is 0 Å². The van der Waals surface area contributed by atoms with Crippen LogP contribution in [0.4, 0.5) is 0 Å². The molecular weight excluding hydrogens is 503 g/mol. The van der Waals surface area contributed by atoms with E-state index < -0.39 is 24.6 Å². The van der Waals surface area contributed by atoms with E-state index in [1.807, 2.05) is 22.6 Å². The number of rotatable bonds is 10. The van der Waals surface area contributed by atoms with Crippen molar-refractivity contribution in [1.29, 1.82) is 0 Å². The molecule has 160 valence electrons. The summed E-state index contributed by atoms with van der Waals surface area (Å²) in [6.45, 7) is 3.39. The number of benzene rings is 1. The number of ether oxygens (including phenoxy) is 5. The van der Waals surface area contributed by atoms with E-state index in [1.54, 1.807) is 20.1 Å². The lowest BCUT2D eigenvalue weighted by Crippen LogP contribution is -2.47. The Balaban J connectivity index is 3.44. The minimum Gasteiger partial charge on any atom is -0.492 e. The normalized spacial score (nSPS) is 15.5. The van der Waals surface area contributed by atoms with Crippen molar-refractivity contribution >= 4 is 39.5 Å². The molecule has 4 atom stereocenters. The van der Waals surface area contributed by atoms with Gasteiger partial charge in [0.1, 0.15) is 12.2 Å². The third-order valence-electron chi connectivity index (χ3n) is 4.32. The predicted octanol–water partition coefficient (Wildman–Crippen LogP) is 2.23. The molecule has 0 radical (unpaired) electrons. The predicted molar refractivity (Wildman–Crippen MR) is 115 cm³/mol. The molecule has 0 saturated heterocycles. The molecule has 0 bridgehead atoms. The number of aliphatic hydroxyl groups is 2. The fourth-order valence-corrected chi connectivity index (χ4v) is 3.71. The molecule has 0 aromatic heterocycles. The van der Waals surface area contributed by atoms with Crippen molar-refractivity contribution in [3.8, 4) is 17.2 Å². The third-order valence-corrected chi connectivity index (χ3v) is 6.20. The van der Waals surface area contributed by atoms with E-state index in [1.165, 1.54) is 28.4 Å². The van der Waals surface area contributed by atoms with Crippen LogP contribution in [-0.4, -0.2) is 74.6 Å². The molecule has 2 N–H and O–H groups in total. The first-order valence-electron chi connectivity index (χ1n) is 8.30. The van der Waals surface area contributed by atoms with Gasteiger partial charge in [0.25, 0.3) is 0 Å². The van der Waals surface area contributed by atoms with Crippen LogP contribution in [0.1, 0.15) is 22.8 Å². The van der Waals surface area contributed by atoms with Crippen LogP contribution in [0.5, 0.6) is 17.2 Å². The summed E-state index contributed by atoms with van der Waals surface area (Å²) in [4.78, 5) is 12.4. The monoisotopic (exact) mass is 530 g/mol. The summed E-state index contributed by atoms with van der Waals surface area (Å²) < 4.78 is 27.4. The Labute approximate surface area is 183 Å². The van der Waals surface area contributed by atoms with Crippen molar-refractivity contribution in [2.24, 2.45) is 0 Å². The van der Waals surface area contributed by atoms with Gasteiger partial charge in [-0.05, 0) is 48.3 Å². The summed E-state index contributed by atoms with van der Waals surface area (Å²) in [5, 5.41) is 20.7. The molecule has 10 heteroatoms. The maximum atomic E-state index is 12.4. The highest BCUT2D eigenvalue weighted by Crippen LogP contribution is 2.47. The lowest BCUT2D eigenvalue weighted by Gasteiger charge is -2.30. The van der Waals surface area contributed by atoms with E-state index in [9.17, 15) is 15.0 Å². The van der Waals surface area contributed by atoms with E-state index in [0.717, 1.165) is 11.8 Å². The van der Waals surface area contributed by atoms with Gasteiger partial charge in [-0.25, -0.2) is 0 Å². The summed E-state index contributed by atoms with van der Waals surface area (Å²) in [5.74, 6) is 0.557. The average molecular weight is 530 g/mol. The van der Waals surface area contributed by atoms with E-state index in [-0.39, 0.29) is 22.4 Å². The van der Waals surface area contributed by atoms with Crippen molar-refractivity contribution in [3.63, 3.8) is 0 Å². The number of halogens is 1. The molecule has 0 amide bonds. The molecule has 28 heavy (non-hydrogen) atoms. The van der Waals surface area contributed by atoms with Gasteiger partial charge in [-0.3, -0.25) is 4.79 Å². The van der Waals surface area contributed by atoms with Gasteiger partial charge < -0.3 is 33.9 Å². The molecule has 1 aromatic carbocycles. The van der Waals surface area contributed by atoms with Crippen LogP contribution < -0.4 is 14.2 Å².